The van der Waals surface area contributed by atoms with Crippen molar-refractivity contribution in [3.05, 3.63) is 41.5 Å². The lowest BCUT2D eigenvalue weighted by Gasteiger charge is -2.38. The van der Waals surface area contributed by atoms with E-state index in [9.17, 15) is 9.59 Å². The van der Waals surface area contributed by atoms with E-state index in [0.29, 0.717) is 31.3 Å². The molecule has 1 aromatic carbocycles. The van der Waals surface area contributed by atoms with Gasteiger partial charge in [0.05, 0.1) is 13.0 Å². The maximum absolute atomic E-state index is 12.5. The Kier molecular flexibility index (Phi) is 6.53. The summed E-state index contributed by atoms with van der Waals surface area (Å²) < 4.78 is 10.9. The second-order valence-electron chi connectivity index (χ2n) is 8.45. The Hall–Kier alpha value is -2.90. The standard InChI is InChI=1S/C23H30N4O4/c1-3-30-20-6-4-17(5-7-20)13-22(29)27-14-18(15-27)12-21-24-23(25-31-21)19-8-10-26(11-9-19)16(2)28/h4-7,18-19H,3,8-15H2,1-2H3. The smallest absolute Gasteiger partial charge is 0.227 e. The third-order valence-corrected chi connectivity index (χ3v) is 6.15. The third kappa shape index (κ3) is 5.24. The van der Waals surface area contributed by atoms with E-state index in [4.69, 9.17) is 9.26 Å². The summed E-state index contributed by atoms with van der Waals surface area (Å²) in [6.07, 6.45) is 2.85. The molecule has 8 heteroatoms. The number of nitrogens with zero attached hydrogens (tertiary/aromatic N) is 4. The van der Waals surface area contributed by atoms with Crippen LogP contribution in [-0.2, 0) is 22.4 Å². The highest BCUT2D eigenvalue weighted by molar-refractivity contribution is 5.79. The number of aromatic nitrogens is 2. The number of hydrogen-bond donors (Lipinski definition) is 0. The average Bonchev–Trinajstić information content (AvgIpc) is 3.21. The monoisotopic (exact) mass is 426 g/mol. The number of benzene rings is 1. The minimum Gasteiger partial charge on any atom is -0.494 e. The lowest BCUT2D eigenvalue weighted by Crippen LogP contribution is -2.51. The molecule has 2 amide bonds. The van der Waals surface area contributed by atoms with Gasteiger partial charge in [0.15, 0.2) is 5.82 Å². The van der Waals surface area contributed by atoms with Gasteiger partial charge in [0.2, 0.25) is 17.7 Å². The molecule has 166 valence electrons. The second-order valence-corrected chi connectivity index (χ2v) is 8.45. The fraction of sp³-hybridized carbons (Fsp3) is 0.565. The first-order valence-electron chi connectivity index (χ1n) is 11.1. The van der Waals surface area contributed by atoms with E-state index in [1.807, 2.05) is 41.0 Å². The van der Waals surface area contributed by atoms with Gasteiger partial charge in [-0.25, -0.2) is 0 Å². The van der Waals surface area contributed by atoms with Crippen molar-refractivity contribution in [2.75, 3.05) is 32.8 Å². The van der Waals surface area contributed by atoms with Crippen LogP contribution in [0.25, 0.3) is 0 Å². The van der Waals surface area contributed by atoms with E-state index in [2.05, 4.69) is 10.1 Å². The first-order chi connectivity index (χ1) is 15.0. The summed E-state index contributed by atoms with van der Waals surface area (Å²) in [6.45, 7) is 7.14. The number of hydrogen-bond acceptors (Lipinski definition) is 6. The Morgan fingerprint density at radius 2 is 1.84 bits per heavy atom. The summed E-state index contributed by atoms with van der Waals surface area (Å²) >= 11 is 0. The van der Waals surface area contributed by atoms with Crippen LogP contribution >= 0.6 is 0 Å². The van der Waals surface area contributed by atoms with Gasteiger partial charge in [-0.3, -0.25) is 9.59 Å². The van der Waals surface area contributed by atoms with E-state index in [1.165, 1.54) is 0 Å². The van der Waals surface area contributed by atoms with E-state index in [0.717, 1.165) is 56.2 Å². The fourth-order valence-corrected chi connectivity index (χ4v) is 4.28. The van der Waals surface area contributed by atoms with Crippen molar-refractivity contribution in [3.8, 4) is 5.75 Å². The zero-order valence-corrected chi connectivity index (χ0v) is 18.2. The predicted octanol–water partition coefficient (Wildman–Crippen LogP) is 2.44. The number of ether oxygens (including phenoxy) is 1. The molecule has 8 nitrogen and oxygen atoms in total. The van der Waals surface area contributed by atoms with Crippen LogP contribution < -0.4 is 4.74 Å². The molecule has 4 rings (SSSR count). The van der Waals surface area contributed by atoms with Crippen molar-refractivity contribution in [1.29, 1.82) is 0 Å². The van der Waals surface area contributed by atoms with Crippen LogP contribution in [0.4, 0.5) is 0 Å². The number of amides is 2. The van der Waals surface area contributed by atoms with Crippen molar-refractivity contribution in [1.82, 2.24) is 19.9 Å². The molecular formula is C23H30N4O4. The summed E-state index contributed by atoms with van der Waals surface area (Å²) in [5.74, 6) is 3.10. The molecule has 2 saturated heterocycles. The molecule has 0 aliphatic carbocycles. The molecule has 0 atom stereocenters. The molecule has 3 heterocycles. The molecule has 0 bridgehead atoms. The number of carbonyl (C=O) groups is 2. The van der Waals surface area contributed by atoms with Crippen molar-refractivity contribution in [2.45, 2.75) is 45.4 Å². The highest BCUT2D eigenvalue weighted by atomic mass is 16.5. The number of rotatable bonds is 7. The molecule has 2 aliphatic heterocycles. The largest absolute Gasteiger partial charge is 0.494 e. The molecule has 0 saturated carbocycles. The molecule has 2 aliphatic rings. The Labute approximate surface area is 182 Å². The van der Waals surface area contributed by atoms with Crippen LogP contribution in [0.5, 0.6) is 5.75 Å². The summed E-state index contributed by atoms with van der Waals surface area (Å²) in [4.78, 5) is 32.3. The zero-order chi connectivity index (χ0) is 21.8. The Morgan fingerprint density at radius 3 is 2.48 bits per heavy atom. The van der Waals surface area contributed by atoms with Gasteiger partial charge >= 0.3 is 0 Å². The maximum Gasteiger partial charge on any atom is 0.227 e. The molecule has 0 N–H and O–H groups in total. The van der Waals surface area contributed by atoms with Crippen LogP contribution in [0.2, 0.25) is 0 Å². The molecule has 0 radical (unpaired) electrons. The number of piperidine rings is 1. The van der Waals surface area contributed by atoms with Gasteiger partial charge in [-0.05, 0) is 37.5 Å². The molecule has 0 spiro atoms. The van der Waals surface area contributed by atoms with Crippen molar-refractivity contribution in [3.63, 3.8) is 0 Å². The van der Waals surface area contributed by atoms with Gasteiger partial charge < -0.3 is 19.1 Å². The minimum atomic E-state index is 0.124. The maximum atomic E-state index is 12.5. The van der Waals surface area contributed by atoms with Crippen molar-refractivity contribution >= 4 is 11.8 Å². The Morgan fingerprint density at radius 1 is 1.13 bits per heavy atom. The van der Waals surface area contributed by atoms with Gasteiger partial charge in [0.25, 0.3) is 0 Å². The summed E-state index contributed by atoms with van der Waals surface area (Å²) in [6, 6.07) is 7.70. The molecule has 1 aromatic heterocycles. The first-order valence-corrected chi connectivity index (χ1v) is 11.1. The summed E-state index contributed by atoms with van der Waals surface area (Å²) in [5.41, 5.74) is 0.995. The Balaban J connectivity index is 1.20. The highest BCUT2D eigenvalue weighted by Crippen LogP contribution is 2.27. The van der Waals surface area contributed by atoms with E-state index < -0.39 is 0 Å². The van der Waals surface area contributed by atoms with Crippen molar-refractivity contribution in [2.24, 2.45) is 5.92 Å². The van der Waals surface area contributed by atoms with Gasteiger partial charge in [-0.1, -0.05) is 17.3 Å². The third-order valence-electron chi connectivity index (χ3n) is 6.15. The van der Waals surface area contributed by atoms with Crippen LogP contribution in [0.3, 0.4) is 0 Å². The topological polar surface area (TPSA) is 88.8 Å². The SMILES string of the molecule is CCOc1ccc(CC(=O)N2CC(Cc3nc(C4CCN(C(C)=O)CC4)no3)C2)cc1. The summed E-state index contributed by atoms with van der Waals surface area (Å²) in [7, 11) is 0. The first kappa shape index (κ1) is 21.3. The highest BCUT2D eigenvalue weighted by Gasteiger charge is 2.32. The van der Waals surface area contributed by atoms with Crippen molar-refractivity contribution < 1.29 is 18.8 Å². The van der Waals surface area contributed by atoms with E-state index in [-0.39, 0.29) is 17.7 Å². The van der Waals surface area contributed by atoms with Gasteiger partial charge in [0.1, 0.15) is 5.75 Å². The second kappa shape index (κ2) is 9.49. The number of likely N-dealkylation sites (tertiary alicyclic amines) is 2. The molecule has 0 unspecified atom stereocenters. The normalized spacial score (nSPS) is 17.5. The van der Waals surface area contributed by atoms with Crippen LogP contribution in [-0.4, -0.2) is 64.5 Å². The minimum absolute atomic E-state index is 0.124. The van der Waals surface area contributed by atoms with Gasteiger partial charge in [0, 0.05) is 51.4 Å². The van der Waals surface area contributed by atoms with Crippen LogP contribution in [0.1, 0.15) is 49.9 Å². The van der Waals surface area contributed by atoms with E-state index >= 15 is 0 Å². The molecule has 2 aromatic rings. The predicted molar refractivity (Wildman–Crippen MR) is 114 cm³/mol. The number of carbonyl (C=O) groups excluding carboxylic acids is 2. The molecular weight excluding hydrogens is 396 g/mol. The molecule has 31 heavy (non-hydrogen) atoms. The van der Waals surface area contributed by atoms with Gasteiger partial charge in [-0.2, -0.15) is 4.98 Å². The fourth-order valence-electron chi connectivity index (χ4n) is 4.28. The van der Waals surface area contributed by atoms with E-state index in [1.54, 1.807) is 6.92 Å². The lowest BCUT2D eigenvalue weighted by molar-refractivity contribution is -0.136. The Bertz CT molecular complexity index is 897. The van der Waals surface area contributed by atoms with Crippen LogP contribution in [0.15, 0.2) is 28.8 Å². The quantitative estimate of drug-likeness (QED) is 0.676. The van der Waals surface area contributed by atoms with Gasteiger partial charge in [-0.15, -0.1) is 0 Å². The lowest BCUT2D eigenvalue weighted by atomic mass is 9.95. The van der Waals surface area contributed by atoms with Crippen LogP contribution in [0, 0.1) is 5.92 Å². The summed E-state index contributed by atoms with van der Waals surface area (Å²) in [5, 5.41) is 4.17. The average molecular weight is 427 g/mol. The zero-order valence-electron chi connectivity index (χ0n) is 18.2. The molecule has 2 fully saturated rings.